The first kappa shape index (κ1) is 22.6. The van der Waals surface area contributed by atoms with Gasteiger partial charge in [-0.2, -0.15) is 5.10 Å². The molecule has 2 atom stereocenters. The van der Waals surface area contributed by atoms with Crippen LogP contribution in [0.5, 0.6) is 0 Å². The molecular formula is C24H29Cl2N3O. The summed E-state index contributed by atoms with van der Waals surface area (Å²) in [6.07, 6.45) is 3.48. The van der Waals surface area contributed by atoms with E-state index in [1.54, 1.807) is 24.3 Å². The quantitative estimate of drug-likeness (QED) is 0.504. The van der Waals surface area contributed by atoms with Crippen LogP contribution in [0.4, 0.5) is 5.69 Å². The molecule has 0 aliphatic carbocycles. The number of nitrogens with one attached hydrogen (secondary N) is 1. The Morgan fingerprint density at radius 2 is 1.73 bits per heavy atom. The Balaban J connectivity index is 1.78. The van der Waals surface area contributed by atoms with Gasteiger partial charge in [-0.1, -0.05) is 68.9 Å². The van der Waals surface area contributed by atoms with E-state index in [-0.39, 0.29) is 17.9 Å². The van der Waals surface area contributed by atoms with Gasteiger partial charge in [-0.25, -0.2) is 0 Å². The fourth-order valence-corrected chi connectivity index (χ4v) is 4.20. The lowest BCUT2D eigenvalue weighted by molar-refractivity contribution is -0.117. The topological polar surface area (TPSA) is 44.7 Å². The van der Waals surface area contributed by atoms with Crippen molar-refractivity contribution in [3.63, 3.8) is 0 Å². The largest absolute Gasteiger partial charge is 0.324 e. The van der Waals surface area contributed by atoms with Crippen LogP contribution in [0.25, 0.3) is 0 Å². The van der Waals surface area contributed by atoms with Gasteiger partial charge in [0, 0.05) is 27.7 Å². The van der Waals surface area contributed by atoms with Crippen molar-refractivity contribution in [3.05, 3.63) is 64.1 Å². The molecule has 0 aromatic heterocycles. The number of anilines is 1. The lowest BCUT2D eigenvalue weighted by Gasteiger charge is -2.33. The molecule has 0 saturated heterocycles. The highest BCUT2D eigenvalue weighted by molar-refractivity contribution is 6.31. The Kier molecular flexibility index (Phi) is 7.43. The molecule has 2 unspecified atom stereocenters. The second-order valence-electron chi connectivity index (χ2n) is 8.29. The molecule has 0 spiro atoms. The van der Waals surface area contributed by atoms with Crippen LogP contribution in [0, 0.1) is 11.3 Å². The Labute approximate surface area is 189 Å². The lowest BCUT2D eigenvalue weighted by atomic mass is 9.70. The van der Waals surface area contributed by atoms with Crippen molar-refractivity contribution in [2.24, 2.45) is 16.4 Å². The Morgan fingerprint density at radius 3 is 2.33 bits per heavy atom. The zero-order valence-corrected chi connectivity index (χ0v) is 19.3. The summed E-state index contributed by atoms with van der Waals surface area (Å²) in [5.41, 5.74) is 2.68. The van der Waals surface area contributed by atoms with Crippen molar-refractivity contribution < 1.29 is 4.79 Å². The van der Waals surface area contributed by atoms with Gasteiger partial charge in [-0.15, -0.1) is 0 Å². The standard InChI is InChI=1S/C24H29Cl2N3O/c1-4-5-6-17(2)24(3)16-29(28-23(24)18-7-9-19(25)10-8-18)15-22(30)27-21-13-11-20(26)12-14-21/h7-14,17H,4-6,15-16H2,1-3H3,(H,27,30). The van der Waals surface area contributed by atoms with Crippen LogP contribution in [0.15, 0.2) is 53.6 Å². The number of unbranched alkanes of at least 4 members (excludes halogenated alkanes) is 1. The molecule has 3 rings (SSSR count). The van der Waals surface area contributed by atoms with Crippen molar-refractivity contribution in [1.29, 1.82) is 0 Å². The first-order valence-corrected chi connectivity index (χ1v) is 11.2. The minimum atomic E-state index is -0.135. The molecule has 1 N–H and O–H groups in total. The van der Waals surface area contributed by atoms with Gasteiger partial charge in [0.25, 0.3) is 0 Å². The number of benzene rings is 2. The van der Waals surface area contributed by atoms with Gasteiger partial charge >= 0.3 is 0 Å². The molecule has 0 radical (unpaired) electrons. The third kappa shape index (κ3) is 5.35. The van der Waals surface area contributed by atoms with E-state index >= 15 is 0 Å². The summed E-state index contributed by atoms with van der Waals surface area (Å²) in [5, 5.41) is 11.0. The van der Waals surface area contributed by atoms with Crippen LogP contribution in [0.1, 0.15) is 45.6 Å². The average molecular weight is 446 g/mol. The minimum absolute atomic E-state index is 0.0954. The Morgan fingerprint density at radius 1 is 1.13 bits per heavy atom. The normalized spacial score (nSPS) is 19.5. The van der Waals surface area contributed by atoms with Crippen molar-refractivity contribution >= 4 is 40.5 Å². The molecule has 0 fully saturated rings. The Bertz CT molecular complexity index is 896. The van der Waals surface area contributed by atoms with Crippen molar-refractivity contribution in [2.75, 3.05) is 18.4 Å². The van der Waals surface area contributed by atoms with Gasteiger partial charge in [0.2, 0.25) is 5.91 Å². The van der Waals surface area contributed by atoms with E-state index in [1.165, 1.54) is 12.8 Å². The second kappa shape index (κ2) is 9.84. The highest BCUT2D eigenvalue weighted by atomic mass is 35.5. The summed E-state index contributed by atoms with van der Waals surface area (Å²) in [6, 6.07) is 14.9. The number of carbonyl (C=O) groups is 1. The predicted octanol–water partition coefficient (Wildman–Crippen LogP) is 6.48. The number of nitrogens with zero attached hydrogens (tertiary/aromatic N) is 2. The monoisotopic (exact) mass is 445 g/mol. The maximum Gasteiger partial charge on any atom is 0.245 e. The SMILES string of the molecule is CCCCC(C)C1(C)CN(CC(=O)Nc2ccc(Cl)cc2)N=C1c1ccc(Cl)cc1. The number of carbonyl (C=O) groups excluding carboxylic acids is 1. The van der Waals surface area contributed by atoms with E-state index in [0.717, 1.165) is 23.4 Å². The van der Waals surface area contributed by atoms with E-state index in [0.29, 0.717) is 22.5 Å². The van der Waals surface area contributed by atoms with E-state index in [1.807, 2.05) is 29.3 Å². The van der Waals surface area contributed by atoms with Crippen LogP contribution >= 0.6 is 23.2 Å². The van der Waals surface area contributed by atoms with Crippen molar-refractivity contribution in [2.45, 2.75) is 40.0 Å². The van der Waals surface area contributed by atoms with Gasteiger partial charge in [-0.3, -0.25) is 9.80 Å². The van der Waals surface area contributed by atoms with Gasteiger partial charge in [0.1, 0.15) is 6.54 Å². The number of amides is 1. The first-order chi connectivity index (χ1) is 14.3. The van der Waals surface area contributed by atoms with Gasteiger partial charge < -0.3 is 5.32 Å². The molecule has 30 heavy (non-hydrogen) atoms. The summed E-state index contributed by atoms with van der Waals surface area (Å²) in [6.45, 7) is 7.68. The molecule has 1 aliphatic heterocycles. The second-order valence-corrected chi connectivity index (χ2v) is 9.17. The van der Waals surface area contributed by atoms with E-state index in [4.69, 9.17) is 28.3 Å². The van der Waals surface area contributed by atoms with Crippen LogP contribution in [-0.4, -0.2) is 29.7 Å². The fraction of sp³-hybridized carbons (Fsp3) is 0.417. The van der Waals surface area contributed by atoms with Crippen LogP contribution < -0.4 is 5.32 Å². The number of hydrazone groups is 1. The van der Waals surface area contributed by atoms with Crippen LogP contribution in [-0.2, 0) is 4.79 Å². The molecule has 4 nitrogen and oxygen atoms in total. The summed E-state index contributed by atoms with van der Waals surface area (Å²) >= 11 is 12.0. The molecule has 2 aromatic rings. The highest BCUT2D eigenvalue weighted by Gasteiger charge is 2.43. The molecule has 1 amide bonds. The van der Waals surface area contributed by atoms with Gasteiger partial charge in [0.05, 0.1) is 5.71 Å². The van der Waals surface area contributed by atoms with Crippen LogP contribution in [0.2, 0.25) is 10.0 Å². The third-order valence-corrected chi connectivity index (χ3v) is 6.45. The summed E-state index contributed by atoms with van der Waals surface area (Å²) < 4.78 is 0. The van der Waals surface area contributed by atoms with Gasteiger partial charge in [0.15, 0.2) is 0 Å². The zero-order chi connectivity index (χ0) is 21.7. The predicted molar refractivity (Wildman–Crippen MR) is 126 cm³/mol. The smallest absolute Gasteiger partial charge is 0.245 e. The summed E-state index contributed by atoms with van der Waals surface area (Å²) in [4.78, 5) is 12.6. The first-order valence-electron chi connectivity index (χ1n) is 10.5. The zero-order valence-electron chi connectivity index (χ0n) is 17.8. The third-order valence-electron chi connectivity index (χ3n) is 5.94. The number of hydrogen-bond acceptors (Lipinski definition) is 3. The number of rotatable bonds is 8. The van der Waals surface area contributed by atoms with E-state index in [9.17, 15) is 4.79 Å². The summed E-state index contributed by atoms with van der Waals surface area (Å²) in [5.74, 6) is 0.346. The average Bonchev–Trinajstić information content (AvgIpc) is 3.05. The molecule has 2 aromatic carbocycles. The minimum Gasteiger partial charge on any atom is -0.324 e. The van der Waals surface area contributed by atoms with E-state index < -0.39 is 0 Å². The maximum atomic E-state index is 12.6. The molecule has 6 heteroatoms. The summed E-state index contributed by atoms with van der Waals surface area (Å²) in [7, 11) is 0. The molecular weight excluding hydrogens is 417 g/mol. The molecule has 160 valence electrons. The molecule has 1 aliphatic rings. The highest BCUT2D eigenvalue weighted by Crippen LogP contribution is 2.40. The van der Waals surface area contributed by atoms with Crippen molar-refractivity contribution in [3.8, 4) is 0 Å². The number of halogens is 2. The maximum absolute atomic E-state index is 12.6. The molecule has 0 bridgehead atoms. The lowest BCUT2D eigenvalue weighted by Crippen LogP contribution is -2.39. The molecule has 1 heterocycles. The van der Waals surface area contributed by atoms with E-state index in [2.05, 4.69) is 26.1 Å². The van der Waals surface area contributed by atoms with Crippen LogP contribution in [0.3, 0.4) is 0 Å². The number of hydrogen-bond donors (Lipinski definition) is 1. The fourth-order valence-electron chi connectivity index (χ4n) is 3.95. The molecule has 0 saturated carbocycles. The van der Waals surface area contributed by atoms with Gasteiger partial charge in [-0.05, 0) is 54.3 Å². The Hall–Kier alpha value is -2.04. The van der Waals surface area contributed by atoms with Crippen molar-refractivity contribution in [1.82, 2.24) is 5.01 Å².